The topological polar surface area (TPSA) is 88.9 Å². The first-order valence-electron chi connectivity index (χ1n) is 9.42. The molecule has 2 rings (SSSR count). The number of nitriles is 1. The number of methoxy groups -OCH3 is 1. The quantitative estimate of drug-likeness (QED) is 0.463. The average molecular weight is 408 g/mol. The van der Waals surface area contributed by atoms with Crippen molar-refractivity contribution in [1.29, 1.82) is 5.26 Å². The Labute approximate surface area is 176 Å². The van der Waals surface area contributed by atoms with Gasteiger partial charge in [-0.3, -0.25) is 9.69 Å². The summed E-state index contributed by atoms with van der Waals surface area (Å²) in [6, 6.07) is 19.2. The fraction of sp³-hybridized carbons (Fsp3) is 0.261. The molecule has 30 heavy (non-hydrogen) atoms. The molecule has 2 aromatic rings. The molecule has 7 nitrogen and oxygen atoms in total. The molecule has 0 bridgehead atoms. The maximum atomic E-state index is 12.1. The molecule has 0 saturated carbocycles. The van der Waals surface area contributed by atoms with Crippen LogP contribution in [0, 0.1) is 11.3 Å². The van der Waals surface area contributed by atoms with Gasteiger partial charge in [0.05, 0.1) is 25.4 Å². The van der Waals surface area contributed by atoms with Crippen molar-refractivity contribution >= 4 is 12.1 Å². The molecule has 0 N–H and O–H groups in total. The molecule has 0 saturated heterocycles. The van der Waals surface area contributed by atoms with Crippen molar-refractivity contribution < 1.29 is 23.8 Å². The van der Waals surface area contributed by atoms with E-state index in [4.69, 9.17) is 9.47 Å². The first-order chi connectivity index (χ1) is 14.5. The summed E-state index contributed by atoms with van der Waals surface area (Å²) >= 11 is 0. The van der Waals surface area contributed by atoms with Crippen LogP contribution in [0.15, 0.2) is 66.4 Å². The van der Waals surface area contributed by atoms with Crippen LogP contribution in [0.2, 0.25) is 0 Å². The average Bonchev–Trinajstić information content (AvgIpc) is 2.78. The minimum absolute atomic E-state index is 0.149. The predicted molar refractivity (Wildman–Crippen MR) is 110 cm³/mol. The first-order valence-corrected chi connectivity index (χ1v) is 9.42. The molecule has 0 fully saturated rings. The van der Waals surface area contributed by atoms with E-state index in [2.05, 4.69) is 10.8 Å². The lowest BCUT2D eigenvalue weighted by Crippen LogP contribution is -2.32. The third-order valence-electron chi connectivity index (χ3n) is 4.05. The highest BCUT2D eigenvalue weighted by Gasteiger charge is 2.18. The maximum absolute atomic E-state index is 12.1. The van der Waals surface area contributed by atoms with Gasteiger partial charge in [-0.1, -0.05) is 42.5 Å². The van der Waals surface area contributed by atoms with Crippen LogP contribution >= 0.6 is 0 Å². The second-order valence-corrected chi connectivity index (χ2v) is 6.26. The Morgan fingerprint density at radius 3 is 2.37 bits per heavy atom. The van der Waals surface area contributed by atoms with Gasteiger partial charge in [0.25, 0.3) is 0 Å². The molecular formula is C23H24N2O5. The fourth-order valence-corrected chi connectivity index (χ4v) is 2.54. The van der Waals surface area contributed by atoms with E-state index in [-0.39, 0.29) is 19.6 Å². The van der Waals surface area contributed by atoms with Crippen molar-refractivity contribution in [2.45, 2.75) is 20.0 Å². The number of amides is 1. The number of carbonyl (C=O) groups is 2. The van der Waals surface area contributed by atoms with E-state index in [1.54, 1.807) is 6.92 Å². The van der Waals surface area contributed by atoms with Crippen molar-refractivity contribution in [1.82, 2.24) is 4.90 Å². The predicted octanol–water partition coefficient (Wildman–Crippen LogP) is 3.85. The van der Waals surface area contributed by atoms with Crippen LogP contribution in [0.5, 0.6) is 5.75 Å². The van der Waals surface area contributed by atoms with Crippen LogP contribution in [0.3, 0.4) is 0 Å². The Bertz CT molecular complexity index is 901. The van der Waals surface area contributed by atoms with Crippen LogP contribution < -0.4 is 4.74 Å². The minimum Gasteiger partial charge on any atom is -0.489 e. The van der Waals surface area contributed by atoms with Crippen LogP contribution in [0.25, 0.3) is 0 Å². The lowest BCUT2D eigenvalue weighted by molar-refractivity contribution is -0.141. The normalized spacial score (nSPS) is 10.6. The molecule has 156 valence electrons. The Kier molecular flexibility index (Phi) is 8.94. The van der Waals surface area contributed by atoms with Gasteiger partial charge in [-0.2, -0.15) is 5.26 Å². The number of rotatable bonds is 9. The second kappa shape index (κ2) is 11.9. The van der Waals surface area contributed by atoms with Gasteiger partial charge in [0, 0.05) is 12.6 Å². The van der Waals surface area contributed by atoms with E-state index in [1.807, 2.05) is 54.6 Å². The van der Waals surface area contributed by atoms with Crippen molar-refractivity contribution in [3.63, 3.8) is 0 Å². The van der Waals surface area contributed by atoms with Gasteiger partial charge in [-0.05, 0) is 30.2 Å². The van der Waals surface area contributed by atoms with Crippen LogP contribution in [0.4, 0.5) is 4.79 Å². The summed E-state index contributed by atoms with van der Waals surface area (Å²) in [5.74, 6) is 0.0976. The third-order valence-corrected chi connectivity index (χ3v) is 4.05. The van der Waals surface area contributed by atoms with Gasteiger partial charge >= 0.3 is 12.1 Å². The molecule has 0 heterocycles. The van der Waals surface area contributed by atoms with Gasteiger partial charge in [0.15, 0.2) is 0 Å². The monoisotopic (exact) mass is 408 g/mol. The SMILES string of the molecule is CCOC(=O)N(/C=C(/C#N)Cc1ccc(OCc2ccccc2)cc1)CC(=O)OC. The summed E-state index contributed by atoms with van der Waals surface area (Å²) in [7, 11) is 1.22. The molecule has 0 radical (unpaired) electrons. The van der Waals surface area contributed by atoms with E-state index in [0.717, 1.165) is 16.0 Å². The number of benzene rings is 2. The van der Waals surface area contributed by atoms with E-state index < -0.39 is 12.1 Å². The number of carbonyl (C=O) groups excluding carboxylic acids is 2. The summed E-state index contributed by atoms with van der Waals surface area (Å²) in [6.45, 7) is 1.93. The highest BCUT2D eigenvalue weighted by molar-refractivity contribution is 5.78. The van der Waals surface area contributed by atoms with E-state index >= 15 is 0 Å². The van der Waals surface area contributed by atoms with Crippen molar-refractivity contribution in [2.75, 3.05) is 20.3 Å². The summed E-state index contributed by atoms with van der Waals surface area (Å²) in [5, 5.41) is 9.47. The van der Waals surface area contributed by atoms with Gasteiger partial charge in [-0.25, -0.2) is 4.79 Å². The third kappa shape index (κ3) is 7.32. The zero-order valence-electron chi connectivity index (χ0n) is 17.0. The largest absolute Gasteiger partial charge is 0.489 e. The number of nitrogens with zero attached hydrogens (tertiary/aromatic N) is 2. The van der Waals surface area contributed by atoms with E-state index in [9.17, 15) is 14.9 Å². The molecule has 0 aromatic heterocycles. The molecule has 0 aliphatic heterocycles. The van der Waals surface area contributed by atoms with Crippen LogP contribution in [0.1, 0.15) is 18.1 Å². The highest BCUT2D eigenvalue weighted by atomic mass is 16.6. The molecule has 0 aliphatic carbocycles. The summed E-state index contributed by atoms with van der Waals surface area (Å²) in [6.07, 6.45) is 0.877. The second-order valence-electron chi connectivity index (χ2n) is 6.26. The number of esters is 1. The highest BCUT2D eigenvalue weighted by Crippen LogP contribution is 2.17. The van der Waals surface area contributed by atoms with Crippen molar-refractivity contribution in [3.05, 3.63) is 77.5 Å². The first kappa shape index (κ1) is 22.5. The minimum atomic E-state index is -0.722. The standard InChI is InChI=1S/C23H24N2O5/c1-3-29-23(27)25(16-22(26)28-2)15-20(14-24)13-18-9-11-21(12-10-18)30-17-19-7-5-4-6-8-19/h4-12,15H,3,13,16-17H2,1-2H3/b20-15+. The summed E-state index contributed by atoms with van der Waals surface area (Å²) in [5.41, 5.74) is 2.22. The van der Waals surface area contributed by atoms with Crippen LogP contribution in [-0.2, 0) is 27.3 Å². The molecule has 0 aliphatic rings. The Morgan fingerprint density at radius 2 is 1.77 bits per heavy atom. The van der Waals surface area contributed by atoms with E-state index in [0.29, 0.717) is 17.9 Å². The fourth-order valence-electron chi connectivity index (χ4n) is 2.54. The van der Waals surface area contributed by atoms with Gasteiger partial charge in [0.2, 0.25) is 0 Å². The lowest BCUT2D eigenvalue weighted by atomic mass is 10.1. The van der Waals surface area contributed by atoms with Crippen LogP contribution in [-0.4, -0.2) is 37.2 Å². The number of ether oxygens (including phenoxy) is 3. The molecular weight excluding hydrogens is 384 g/mol. The zero-order valence-corrected chi connectivity index (χ0v) is 17.0. The molecule has 1 amide bonds. The van der Waals surface area contributed by atoms with Crippen molar-refractivity contribution in [2.24, 2.45) is 0 Å². The van der Waals surface area contributed by atoms with Gasteiger partial charge in [-0.15, -0.1) is 0 Å². The lowest BCUT2D eigenvalue weighted by Gasteiger charge is -2.17. The Morgan fingerprint density at radius 1 is 1.07 bits per heavy atom. The number of hydrogen-bond acceptors (Lipinski definition) is 6. The maximum Gasteiger partial charge on any atom is 0.414 e. The zero-order chi connectivity index (χ0) is 21.8. The molecule has 0 unspecified atom stereocenters. The molecule has 0 atom stereocenters. The number of allylic oxidation sites excluding steroid dienone is 1. The van der Waals surface area contributed by atoms with Crippen molar-refractivity contribution in [3.8, 4) is 11.8 Å². The smallest absolute Gasteiger partial charge is 0.414 e. The Balaban J connectivity index is 2.04. The summed E-state index contributed by atoms with van der Waals surface area (Å²) < 4.78 is 15.3. The molecule has 7 heteroatoms. The van der Waals surface area contributed by atoms with Gasteiger partial charge in [0.1, 0.15) is 18.9 Å². The number of hydrogen-bond donors (Lipinski definition) is 0. The molecule has 0 spiro atoms. The summed E-state index contributed by atoms with van der Waals surface area (Å²) in [4.78, 5) is 24.7. The van der Waals surface area contributed by atoms with E-state index in [1.165, 1.54) is 13.3 Å². The van der Waals surface area contributed by atoms with Gasteiger partial charge < -0.3 is 14.2 Å². The Hall–Kier alpha value is -3.79. The molecule has 2 aromatic carbocycles.